The van der Waals surface area contributed by atoms with Crippen LogP contribution in [0.15, 0.2) is 18.2 Å². The van der Waals surface area contributed by atoms with Crippen molar-refractivity contribution in [2.75, 3.05) is 32.7 Å². The van der Waals surface area contributed by atoms with E-state index in [4.69, 9.17) is 0 Å². The largest absolute Gasteiger partial charge is 0.387 e. The van der Waals surface area contributed by atoms with Gasteiger partial charge in [-0.2, -0.15) is 0 Å². The Hall–Kier alpha value is -1.85. The summed E-state index contributed by atoms with van der Waals surface area (Å²) in [5.74, 6) is 0.0255. The first-order chi connectivity index (χ1) is 12.0. The lowest BCUT2D eigenvalue weighted by Crippen LogP contribution is -2.45. The number of fused-ring (bicyclic) bond motifs is 1. The molecule has 0 radical (unpaired) electrons. The van der Waals surface area contributed by atoms with Gasteiger partial charge in [-0.25, -0.2) is 0 Å². The summed E-state index contributed by atoms with van der Waals surface area (Å²) in [5, 5.41) is 12.0. The van der Waals surface area contributed by atoms with E-state index in [2.05, 4.69) is 23.7 Å². The van der Waals surface area contributed by atoms with Crippen LogP contribution in [0.25, 0.3) is 10.9 Å². The van der Waals surface area contributed by atoms with Crippen LogP contribution in [0.1, 0.15) is 40.9 Å². The number of H-pyrrole nitrogens is 1. The molecule has 0 aliphatic carbocycles. The first-order valence-electron chi connectivity index (χ1n) is 9.28. The van der Waals surface area contributed by atoms with E-state index in [1.807, 2.05) is 23.1 Å². The molecule has 5 nitrogen and oxygen atoms in total. The van der Waals surface area contributed by atoms with Gasteiger partial charge in [-0.05, 0) is 70.0 Å². The van der Waals surface area contributed by atoms with Crippen LogP contribution in [0.5, 0.6) is 0 Å². The van der Waals surface area contributed by atoms with E-state index < -0.39 is 5.60 Å². The highest BCUT2D eigenvalue weighted by molar-refractivity contribution is 5.99. The van der Waals surface area contributed by atoms with Crippen LogP contribution in [-0.2, 0) is 0 Å². The Kier molecular flexibility index (Phi) is 4.08. The van der Waals surface area contributed by atoms with E-state index in [-0.39, 0.29) is 5.91 Å². The molecule has 2 aliphatic rings. The Morgan fingerprint density at radius 1 is 1.24 bits per heavy atom. The van der Waals surface area contributed by atoms with Gasteiger partial charge < -0.3 is 19.9 Å². The molecule has 25 heavy (non-hydrogen) atoms. The predicted octanol–water partition coefficient (Wildman–Crippen LogP) is 2.46. The summed E-state index contributed by atoms with van der Waals surface area (Å²) in [5.41, 5.74) is 3.35. The Bertz CT molecular complexity index is 807. The molecule has 1 amide bonds. The number of hydrogen-bond acceptors (Lipinski definition) is 3. The molecule has 2 N–H and O–H groups in total. The van der Waals surface area contributed by atoms with E-state index in [0.717, 1.165) is 29.7 Å². The number of aryl methyl sites for hydroxylation is 2. The van der Waals surface area contributed by atoms with Crippen LogP contribution in [0.4, 0.5) is 0 Å². The van der Waals surface area contributed by atoms with E-state index in [0.29, 0.717) is 31.6 Å². The molecule has 0 spiro atoms. The molecule has 1 aromatic carbocycles. The number of aromatic amines is 1. The molecule has 5 heteroatoms. The van der Waals surface area contributed by atoms with Gasteiger partial charge in [0, 0.05) is 35.2 Å². The second-order valence-electron chi connectivity index (χ2n) is 7.82. The summed E-state index contributed by atoms with van der Waals surface area (Å²) >= 11 is 0. The summed E-state index contributed by atoms with van der Waals surface area (Å²) in [7, 11) is 0. The molecule has 134 valence electrons. The van der Waals surface area contributed by atoms with E-state index in [1.54, 1.807) is 0 Å². The van der Waals surface area contributed by atoms with Gasteiger partial charge >= 0.3 is 0 Å². The van der Waals surface area contributed by atoms with Crippen molar-refractivity contribution in [2.45, 2.75) is 38.7 Å². The monoisotopic (exact) mass is 341 g/mol. The number of aromatic nitrogens is 1. The van der Waals surface area contributed by atoms with Crippen LogP contribution < -0.4 is 0 Å². The average Bonchev–Trinajstić information content (AvgIpc) is 3.29. The number of carbonyl (C=O) groups excluding carboxylic acids is 1. The van der Waals surface area contributed by atoms with Gasteiger partial charge in [0.05, 0.1) is 12.1 Å². The van der Waals surface area contributed by atoms with Crippen molar-refractivity contribution in [3.8, 4) is 0 Å². The number of benzene rings is 1. The van der Waals surface area contributed by atoms with Crippen LogP contribution >= 0.6 is 0 Å². The number of rotatable bonds is 3. The van der Waals surface area contributed by atoms with Crippen molar-refractivity contribution in [3.05, 3.63) is 35.0 Å². The first kappa shape index (κ1) is 16.6. The van der Waals surface area contributed by atoms with Gasteiger partial charge in [0.2, 0.25) is 0 Å². The van der Waals surface area contributed by atoms with E-state index in [1.165, 1.54) is 18.4 Å². The smallest absolute Gasteiger partial charge is 0.253 e. The fourth-order valence-corrected chi connectivity index (χ4v) is 4.29. The molecule has 1 atom stereocenters. The van der Waals surface area contributed by atoms with Crippen LogP contribution in [-0.4, -0.2) is 64.1 Å². The van der Waals surface area contributed by atoms with Crippen molar-refractivity contribution >= 4 is 16.8 Å². The maximum Gasteiger partial charge on any atom is 0.253 e. The maximum atomic E-state index is 12.9. The van der Waals surface area contributed by atoms with Crippen molar-refractivity contribution in [1.29, 1.82) is 0 Å². The van der Waals surface area contributed by atoms with Gasteiger partial charge in [-0.3, -0.25) is 4.79 Å². The van der Waals surface area contributed by atoms with Gasteiger partial charge in [0.25, 0.3) is 5.91 Å². The number of β-amino-alcohol motifs (C(OH)–C–C–N with tert-alkyl or cyclic N) is 1. The maximum absolute atomic E-state index is 12.9. The molecule has 2 aromatic rings. The van der Waals surface area contributed by atoms with Gasteiger partial charge in [0.15, 0.2) is 0 Å². The summed E-state index contributed by atoms with van der Waals surface area (Å²) in [6.07, 6.45) is 3.10. The molecule has 0 bridgehead atoms. The molecule has 0 saturated carbocycles. The Morgan fingerprint density at radius 3 is 2.76 bits per heavy atom. The highest BCUT2D eigenvalue weighted by Gasteiger charge is 2.40. The zero-order valence-corrected chi connectivity index (χ0v) is 15.1. The molecule has 2 fully saturated rings. The molecular formula is C20H27N3O2. The predicted molar refractivity (Wildman–Crippen MR) is 98.9 cm³/mol. The lowest BCUT2D eigenvalue weighted by Gasteiger charge is -2.28. The number of nitrogens with zero attached hydrogens (tertiary/aromatic N) is 2. The van der Waals surface area contributed by atoms with Gasteiger partial charge in [-0.1, -0.05) is 0 Å². The summed E-state index contributed by atoms with van der Waals surface area (Å²) in [4.78, 5) is 20.4. The van der Waals surface area contributed by atoms with E-state index >= 15 is 0 Å². The topological polar surface area (TPSA) is 59.6 Å². The number of nitrogens with one attached hydrogen (secondary N) is 1. The van der Waals surface area contributed by atoms with Crippen molar-refractivity contribution in [3.63, 3.8) is 0 Å². The summed E-state index contributed by atoms with van der Waals surface area (Å²) < 4.78 is 0. The Morgan fingerprint density at radius 2 is 2.00 bits per heavy atom. The van der Waals surface area contributed by atoms with Crippen molar-refractivity contribution in [1.82, 2.24) is 14.8 Å². The SMILES string of the molecule is Cc1[nH]c2ccc(C(=O)N3CCC(O)(CN4CCCC4)C3)cc2c1C. The minimum atomic E-state index is -0.759. The first-order valence-corrected chi connectivity index (χ1v) is 9.28. The molecule has 2 saturated heterocycles. The third-order valence-electron chi connectivity index (χ3n) is 5.89. The van der Waals surface area contributed by atoms with Crippen molar-refractivity contribution < 1.29 is 9.90 Å². The number of carbonyl (C=O) groups is 1. The zero-order valence-electron chi connectivity index (χ0n) is 15.1. The normalized spacial score (nSPS) is 24.5. The Labute approximate surface area is 148 Å². The second kappa shape index (κ2) is 6.15. The number of likely N-dealkylation sites (tertiary alicyclic amines) is 2. The fraction of sp³-hybridized carbons (Fsp3) is 0.550. The highest BCUT2D eigenvalue weighted by Crippen LogP contribution is 2.27. The minimum Gasteiger partial charge on any atom is -0.387 e. The fourth-order valence-electron chi connectivity index (χ4n) is 4.29. The summed E-state index contributed by atoms with van der Waals surface area (Å²) in [6.45, 7) is 8.02. The highest BCUT2D eigenvalue weighted by atomic mass is 16.3. The lowest BCUT2D eigenvalue weighted by atomic mass is 10.0. The molecule has 2 aliphatic heterocycles. The number of amides is 1. The molecular weight excluding hydrogens is 314 g/mol. The van der Waals surface area contributed by atoms with E-state index in [9.17, 15) is 9.90 Å². The Balaban J connectivity index is 1.50. The van der Waals surface area contributed by atoms with Crippen LogP contribution in [0.3, 0.4) is 0 Å². The summed E-state index contributed by atoms with van der Waals surface area (Å²) in [6, 6.07) is 5.85. The third-order valence-corrected chi connectivity index (χ3v) is 5.89. The number of hydrogen-bond donors (Lipinski definition) is 2. The van der Waals surface area contributed by atoms with Crippen LogP contribution in [0, 0.1) is 13.8 Å². The quantitative estimate of drug-likeness (QED) is 0.902. The lowest BCUT2D eigenvalue weighted by molar-refractivity contribution is 0.0175. The molecule has 1 aromatic heterocycles. The van der Waals surface area contributed by atoms with Crippen LogP contribution in [0.2, 0.25) is 0 Å². The standard InChI is InChI=1S/C20H27N3O2/c1-14-15(2)21-18-6-5-16(11-17(14)18)19(24)23-10-7-20(25,13-23)12-22-8-3-4-9-22/h5-6,11,21,25H,3-4,7-10,12-13H2,1-2H3. The number of aliphatic hydroxyl groups is 1. The molecule has 4 rings (SSSR count). The van der Waals surface area contributed by atoms with Gasteiger partial charge in [0.1, 0.15) is 0 Å². The zero-order chi connectivity index (χ0) is 17.6. The van der Waals surface area contributed by atoms with Gasteiger partial charge in [-0.15, -0.1) is 0 Å². The molecule has 1 unspecified atom stereocenters. The third kappa shape index (κ3) is 3.07. The minimum absolute atomic E-state index is 0.0255. The molecule has 3 heterocycles. The average molecular weight is 341 g/mol. The van der Waals surface area contributed by atoms with Crippen molar-refractivity contribution in [2.24, 2.45) is 0 Å². The second-order valence-corrected chi connectivity index (χ2v) is 7.82.